The number of aliphatic hydroxyl groups is 1. The van der Waals surface area contributed by atoms with Gasteiger partial charge in [0.1, 0.15) is 0 Å². The topological polar surface area (TPSA) is 38.7 Å². The average molecular weight is 269 g/mol. The largest absolute Gasteiger partial charge is 0.394 e. The molecular formula is C15H31N3O. The van der Waals surface area contributed by atoms with Crippen molar-refractivity contribution >= 4 is 0 Å². The summed E-state index contributed by atoms with van der Waals surface area (Å²) in [6, 6.07) is 0.697. The van der Waals surface area contributed by atoms with Crippen LogP contribution in [0.3, 0.4) is 0 Å². The molecule has 4 heteroatoms. The van der Waals surface area contributed by atoms with Crippen molar-refractivity contribution in [3.05, 3.63) is 0 Å². The number of nitrogens with zero attached hydrogens (tertiary/aromatic N) is 2. The molecule has 0 aromatic rings. The number of likely N-dealkylation sites (tertiary alicyclic amines) is 1. The van der Waals surface area contributed by atoms with E-state index in [4.69, 9.17) is 0 Å². The predicted molar refractivity (Wildman–Crippen MR) is 79.4 cm³/mol. The number of hydrogen-bond donors (Lipinski definition) is 2. The summed E-state index contributed by atoms with van der Waals surface area (Å²) in [5, 5.41) is 13.4. The van der Waals surface area contributed by atoms with Crippen LogP contribution in [-0.2, 0) is 0 Å². The van der Waals surface area contributed by atoms with Crippen molar-refractivity contribution in [2.75, 3.05) is 46.9 Å². The zero-order chi connectivity index (χ0) is 13.9. The van der Waals surface area contributed by atoms with Crippen molar-refractivity contribution in [3.63, 3.8) is 0 Å². The summed E-state index contributed by atoms with van der Waals surface area (Å²) in [5.74, 6) is 0.668. The molecule has 1 saturated carbocycles. The number of nitrogens with one attached hydrogen (secondary N) is 1. The van der Waals surface area contributed by atoms with E-state index in [1.807, 2.05) is 0 Å². The standard InChI is InChI=1S/C15H31N3O/c1-4-16-15(12-19,13-7-8-13)11-17(2)10-14-6-5-9-18(14)3/h13-14,16,19H,4-12H2,1-3H3. The highest BCUT2D eigenvalue weighted by Crippen LogP contribution is 2.40. The van der Waals surface area contributed by atoms with Gasteiger partial charge in [0.15, 0.2) is 0 Å². The van der Waals surface area contributed by atoms with Gasteiger partial charge in [0, 0.05) is 19.1 Å². The Hall–Kier alpha value is -0.160. The molecule has 2 unspecified atom stereocenters. The second-order valence-electron chi connectivity index (χ2n) is 6.59. The van der Waals surface area contributed by atoms with Gasteiger partial charge in [0.05, 0.1) is 12.1 Å². The van der Waals surface area contributed by atoms with Gasteiger partial charge < -0.3 is 20.2 Å². The van der Waals surface area contributed by atoms with Crippen LogP contribution in [0, 0.1) is 5.92 Å². The molecule has 0 spiro atoms. The van der Waals surface area contributed by atoms with Crippen LogP contribution in [-0.4, -0.2) is 73.4 Å². The Morgan fingerprint density at radius 3 is 2.58 bits per heavy atom. The van der Waals surface area contributed by atoms with Crippen molar-refractivity contribution in [1.82, 2.24) is 15.1 Å². The summed E-state index contributed by atoms with van der Waals surface area (Å²) < 4.78 is 0. The molecule has 0 aromatic carbocycles. The Morgan fingerprint density at radius 2 is 2.11 bits per heavy atom. The smallest absolute Gasteiger partial charge is 0.0628 e. The maximum atomic E-state index is 9.88. The molecular weight excluding hydrogens is 238 g/mol. The van der Waals surface area contributed by atoms with Crippen LogP contribution >= 0.6 is 0 Å². The molecule has 2 fully saturated rings. The van der Waals surface area contributed by atoms with E-state index >= 15 is 0 Å². The van der Waals surface area contributed by atoms with Gasteiger partial charge >= 0.3 is 0 Å². The molecule has 0 bridgehead atoms. The fraction of sp³-hybridized carbons (Fsp3) is 1.00. The predicted octanol–water partition coefficient (Wildman–Crippen LogP) is 0.763. The van der Waals surface area contributed by atoms with Gasteiger partial charge in [-0.15, -0.1) is 0 Å². The maximum absolute atomic E-state index is 9.88. The second-order valence-corrected chi connectivity index (χ2v) is 6.59. The molecule has 1 aliphatic heterocycles. The number of hydrogen-bond acceptors (Lipinski definition) is 4. The van der Waals surface area contributed by atoms with Gasteiger partial charge in [-0.25, -0.2) is 0 Å². The van der Waals surface area contributed by atoms with Gasteiger partial charge in [-0.3, -0.25) is 0 Å². The van der Waals surface area contributed by atoms with Crippen LogP contribution in [0.1, 0.15) is 32.6 Å². The van der Waals surface area contributed by atoms with Crippen LogP contribution < -0.4 is 5.32 Å². The minimum absolute atomic E-state index is 0.0688. The summed E-state index contributed by atoms with van der Waals surface area (Å²) in [6.07, 6.45) is 5.18. The fourth-order valence-electron chi connectivity index (χ4n) is 3.67. The average Bonchev–Trinajstić information content (AvgIpc) is 3.16. The first-order valence-electron chi connectivity index (χ1n) is 7.86. The third kappa shape index (κ3) is 3.69. The zero-order valence-electron chi connectivity index (χ0n) is 12.9. The lowest BCUT2D eigenvalue weighted by molar-refractivity contribution is 0.0925. The van der Waals surface area contributed by atoms with Gasteiger partial charge in [-0.1, -0.05) is 6.92 Å². The van der Waals surface area contributed by atoms with E-state index in [0.717, 1.165) is 19.6 Å². The number of likely N-dealkylation sites (N-methyl/N-ethyl adjacent to an activating group) is 3. The van der Waals surface area contributed by atoms with E-state index in [9.17, 15) is 5.11 Å². The number of aliphatic hydroxyl groups excluding tert-OH is 1. The third-order valence-electron chi connectivity index (χ3n) is 4.92. The molecule has 19 heavy (non-hydrogen) atoms. The van der Waals surface area contributed by atoms with Gasteiger partial charge in [0.2, 0.25) is 0 Å². The minimum Gasteiger partial charge on any atom is -0.394 e. The van der Waals surface area contributed by atoms with E-state index < -0.39 is 0 Å². The van der Waals surface area contributed by atoms with E-state index in [1.165, 1.54) is 32.2 Å². The van der Waals surface area contributed by atoms with Crippen molar-refractivity contribution in [2.45, 2.75) is 44.2 Å². The highest BCUT2D eigenvalue weighted by Gasteiger charge is 2.45. The Labute approximate surface area is 118 Å². The first-order valence-corrected chi connectivity index (χ1v) is 7.86. The van der Waals surface area contributed by atoms with E-state index in [2.05, 4.69) is 36.1 Å². The van der Waals surface area contributed by atoms with Crippen molar-refractivity contribution in [1.29, 1.82) is 0 Å². The summed E-state index contributed by atoms with van der Waals surface area (Å²) in [7, 11) is 4.44. The second kappa shape index (κ2) is 6.53. The van der Waals surface area contributed by atoms with Crippen LogP contribution in [0.15, 0.2) is 0 Å². The molecule has 1 saturated heterocycles. The first-order chi connectivity index (χ1) is 9.11. The molecule has 0 aromatic heterocycles. The third-order valence-corrected chi connectivity index (χ3v) is 4.92. The quantitative estimate of drug-likeness (QED) is 0.682. The van der Waals surface area contributed by atoms with Crippen LogP contribution in [0.25, 0.3) is 0 Å². The van der Waals surface area contributed by atoms with Gasteiger partial charge in [-0.05, 0) is 58.8 Å². The normalized spacial score (nSPS) is 27.9. The van der Waals surface area contributed by atoms with Crippen LogP contribution in [0.5, 0.6) is 0 Å². The summed E-state index contributed by atoms with van der Waals surface area (Å²) in [5.41, 5.74) is -0.0688. The summed E-state index contributed by atoms with van der Waals surface area (Å²) >= 11 is 0. The lowest BCUT2D eigenvalue weighted by atomic mass is 9.93. The number of rotatable bonds is 8. The molecule has 2 rings (SSSR count). The Bertz CT molecular complexity index is 283. The lowest BCUT2D eigenvalue weighted by Gasteiger charge is -2.38. The molecule has 0 amide bonds. The fourth-order valence-corrected chi connectivity index (χ4v) is 3.67. The summed E-state index contributed by atoms with van der Waals surface area (Å²) in [4.78, 5) is 4.89. The Balaban J connectivity index is 1.88. The molecule has 2 N–H and O–H groups in total. The summed E-state index contributed by atoms with van der Waals surface area (Å²) in [6.45, 7) is 6.66. The van der Waals surface area contributed by atoms with Gasteiger partial charge in [0.25, 0.3) is 0 Å². The van der Waals surface area contributed by atoms with E-state index in [0.29, 0.717) is 12.0 Å². The Kier molecular flexibility index (Phi) is 5.23. The van der Waals surface area contributed by atoms with Crippen molar-refractivity contribution in [2.24, 2.45) is 5.92 Å². The van der Waals surface area contributed by atoms with Gasteiger partial charge in [-0.2, -0.15) is 0 Å². The lowest BCUT2D eigenvalue weighted by Crippen LogP contribution is -2.58. The zero-order valence-corrected chi connectivity index (χ0v) is 12.9. The molecule has 4 nitrogen and oxygen atoms in total. The van der Waals surface area contributed by atoms with Crippen molar-refractivity contribution < 1.29 is 5.11 Å². The van der Waals surface area contributed by atoms with Crippen LogP contribution in [0.4, 0.5) is 0 Å². The minimum atomic E-state index is -0.0688. The molecule has 1 heterocycles. The highest BCUT2D eigenvalue weighted by molar-refractivity contribution is 5.02. The maximum Gasteiger partial charge on any atom is 0.0628 e. The highest BCUT2D eigenvalue weighted by atomic mass is 16.3. The van der Waals surface area contributed by atoms with E-state index in [1.54, 1.807) is 0 Å². The molecule has 2 aliphatic rings. The van der Waals surface area contributed by atoms with Crippen LogP contribution in [0.2, 0.25) is 0 Å². The van der Waals surface area contributed by atoms with E-state index in [-0.39, 0.29) is 12.1 Å². The molecule has 1 aliphatic carbocycles. The SMILES string of the molecule is CCNC(CO)(CN(C)CC1CCCN1C)C1CC1. The Morgan fingerprint density at radius 1 is 1.37 bits per heavy atom. The first kappa shape index (κ1) is 15.2. The molecule has 112 valence electrons. The molecule has 2 atom stereocenters. The molecule has 0 radical (unpaired) electrons. The monoisotopic (exact) mass is 269 g/mol. The van der Waals surface area contributed by atoms with Crippen molar-refractivity contribution in [3.8, 4) is 0 Å².